The van der Waals surface area contributed by atoms with Crippen LogP contribution in [0.1, 0.15) is 6.42 Å². The van der Waals surface area contributed by atoms with Crippen molar-refractivity contribution in [2.24, 2.45) is 0 Å². The van der Waals surface area contributed by atoms with Gasteiger partial charge in [0.2, 0.25) is 5.91 Å². The Kier molecular flexibility index (Phi) is 3.86. The van der Waals surface area contributed by atoms with E-state index in [0.29, 0.717) is 19.6 Å². The Morgan fingerprint density at radius 1 is 1.36 bits per heavy atom. The van der Waals surface area contributed by atoms with E-state index in [1.165, 1.54) is 0 Å². The van der Waals surface area contributed by atoms with Gasteiger partial charge in [-0.1, -0.05) is 0 Å². The summed E-state index contributed by atoms with van der Waals surface area (Å²) in [7, 11) is 5.55. The van der Waals surface area contributed by atoms with Crippen molar-refractivity contribution in [2.45, 2.75) is 12.0 Å². The van der Waals surface area contributed by atoms with Crippen LogP contribution in [0.3, 0.4) is 0 Å². The van der Waals surface area contributed by atoms with Gasteiger partial charge in [0.1, 0.15) is 0 Å². The molecule has 0 radical (unpaired) electrons. The minimum absolute atomic E-state index is 0.0456. The van der Waals surface area contributed by atoms with Gasteiger partial charge in [-0.05, 0) is 24.9 Å². The lowest BCUT2D eigenvalue weighted by molar-refractivity contribution is -0.123. The molecule has 1 atom stereocenters. The van der Waals surface area contributed by atoms with Crippen molar-refractivity contribution in [3.05, 3.63) is 16.8 Å². The number of rotatable bonds is 1. The van der Waals surface area contributed by atoms with E-state index < -0.39 is 0 Å². The molecule has 120 valence electrons. The molecule has 0 unspecified atom stereocenters. The Balaban J connectivity index is 1.81. The summed E-state index contributed by atoms with van der Waals surface area (Å²) in [6.07, 6.45) is 0.900. The summed E-state index contributed by atoms with van der Waals surface area (Å²) in [5.41, 5.74) is 0.835. The smallest absolute Gasteiger partial charge is 0.319 e. The molecule has 0 N–H and O–H groups in total. The second-order valence-corrected chi connectivity index (χ2v) is 7.17. The summed E-state index contributed by atoms with van der Waals surface area (Å²) in [5.74, 6) is 0.129. The van der Waals surface area contributed by atoms with Gasteiger partial charge in [0.05, 0.1) is 17.8 Å². The highest BCUT2D eigenvalue weighted by molar-refractivity contribution is 7.08. The van der Waals surface area contributed by atoms with Crippen molar-refractivity contribution in [2.75, 3.05) is 52.2 Å². The number of piperazine rings is 1. The average Bonchev–Trinajstić information content (AvgIpc) is 3.13. The number of thiophene rings is 1. The molecule has 1 spiro atoms. The van der Waals surface area contributed by atoms with Crippen LogP contribution in [-0.4, -0.2) is 79.5 Å². The molecular weight excluding hydrogens is 300 g/mol. The zero-order valence-electron chi connectivity index (χ0n) is 13.3. The lowest BCUT2D eigenvalue weighted by atomic mass is 9.93. The standard InChI is InChI=1S/C15H22N4O2S/c1-16(2)14(21)18-6-5-15(10-18)11-19(12-4-7-22-9-12)13(20)8-17(15)3/h4,7,9H,5-6,8,10-11H2,1-3H3/t15-/m0/s1. The van der Waals surface area contributed by atoms with Gasteiger partial charge in [0.25, 0.3) is 0 Å². The molecule has 0 aliphatic carbocycles. The maximum Gasteiger partial charge on any atom is 0.319 e. The third-order valence-electron chi connectivity index (χ3n) is 4.74. The van der Waals surface area contributed by atoms with Gasteiger partial charge >= 0.3 is 6.03 Å². The van der Waals surface area contributed by atoms with Crippen LogP contribution < -0.4 is 4.90 Å². The highest BCUT2D eigenvalue weighted by Gasteiger charge is 2.48. The molecule has 3 rings (SSSR count). The van der Waals surface area contributed by atoms with E-state index in [9.17, 15) is 9.59 Å². The molecule has 7 heteroatoms. The molecular formula is C15H22N4O2S. The van der Waals surface area contributed by atoms with Gasteiger partial charge in [0, 0.05) is 39.1 Å². The fourth-order valence-electron chi connectivity index (χ4n) is 3.35. The van der Waals surface area contributed by atoms with E-state index in [4.69, 9.17) is 0 Å². The first-order valence-electron chi connectivity index (χ1n) is 7.43. The first kappa shape index (κ1) is 15.3. The van der Waals surface area contributed by atoms with Crippen LogP contribution in [0.25, 0.3) is 0 Å². The third kappa shape index (κ3) is 2.48. The second kappa shape index (κ2) is 5.55. The van der Waals surface area contributed by atoms with Crippen LogP contribution in [0.4, 0.5) is 10.5 Å². The van der Waals surface area contributed by atoms with E-state index in [-0.39, 0.29) is 17.5 Å². The molecule has 0 saturated carbocycles. The summed E-state index contributed by atoms with van der Waals surface area (Å²) in [4.78, 5) is 32.1. The highest BCUT2D eigenvalue weighted by Crippen LogP contribution is 2.34. The second-order valence-electron chi connectivity index (χ2n) is 6.39. The van der Waals surface area contributed by atoms with Gasteiger partial charge in [-0.25, -0.2) is 4.79 Å². The minimum atomic E-state index is -0.137. The maximum atomic E-state index is 12.4. The fraction of sp³-hybridized carbons (Fsp3) is 0.600. The Labute approximate surface area is 134 Å². The average molecular weight is 322 g/mol. The molecule has 2 aliphatic heterocycles. The summed E-state index contributed by atoms with van der Waals surface area (Å²) in [5, 5.41) is 4.00. The summed E-state index contributed by atoms with van der Waals surface area (Å²) >= 11 is 1.60. The van der Waals surface area contributed by atoms with Gasteiger partial charge in [0.15, 0.2) is 0 Å². The Bertz CT molecular complexity index is 574. The monoisotopic (exact) mass is 322 g/mol. The van der Waals surface area contributed by atoms with Crippen LogP contribution in [0.5, 0.6) is 0 Å². The number of urea groups is 1. The van der Waals surface area contributed by atoms with Gasteiger partial charge in [-0.2, -0.15) is 11.3 Å². The Morgan fingerprint density at radius 2 is 2.14 bits per heavy atom. The van der Waals surface area contributed by atoms with Gasteiger partial charge in [-0.15, -0.1) is 0 Å². The van der Waals surface area contributed by atoms with E-state index >= 15 is 0 Å². The van der Waals surface area contributed by atoms with E-state index in [0.717, 1.165) is 18.7 Å². The fourth-order valence-corrected chi connectivity index (χ4v) is 3.99. The Hall–Kier alpha value is -1.60. The largest absolute Gasteiger partial charge is 0.331 e. The minimum Gasteiger partial charge on any atom is -0.331 e. The van der Waals surface area contributed by atoms with Crippen LogP contribution in [0.15, 0.2) is 16.8 Å². The summed E-state index contributed by atoms with van der Waals surface area (Å²) in [6.45, 7) is 2.47. The molecule has 0 aromatic carbocycles. The lowest BCUT2D eigenvalue weighted by Crippen LogP contribution is -2.64. The number of hydrogen-bond acceptors (Lipinski definition) is 4. The normalized spacial score (nSPS) is 26.0. The van der Waals surface area contributed by atoms with Crippen LogP contribution in [0, 0.1) is 0 Å². The van der Waals surface area contributed by atoms with Crippen molar-refractivity contribution < 1.29 is 9.59 Å². The molecule has 2 fully saturated rings. The quantitative estimate of drug-likeness (QED) is 0.779. The number of likely N-dealkylation sites (tertiary alicyclic amines) is 1. The lowest BCUT2D eigenvalue weighted by Gasteiger charge is -2.46. The molecule has 2 aliphatic rings. The molecule has 1 aromatic rings. The van der Waals surface area contributed by atoms with Crippen LogP contribution in [0.2, 0.25) is 0 Å². The number of nitrogens with zero attached hydrogens (tertiary/aromatic N) is 4. The predicted octanol–water partition coefficient (Wildman–Crippen LogP) is 1.15. The summed E-state index contributed by atoms with van der Waals surface area (Å²) < 4.78 is 0. The topological polar surface area (TPSA) is 47.1 Å². The van der Waals surface area contributed by atoms with E-state index in [2.05, 4.69) is 4.90 Å². The van der Waals surface area contributed by atoms with Gasteiger partial charge < -0.3 is 14.7 Å². The van der Waals surface area contributed by atoms with Crippen molar-refractivity contribution in [1.29, 1.82) is 0 Å². The van der Waals surface area contributed by atoms with Crippen molar-refractivity contribution >= 4 is 29.0 Å². The van der Waals surface area contributed by atoms with Gasteiger partial charge in [-0.3, -0.25) is 9.69 Å². The molecule has 2 saturated heterocycles. The number of anilines is 1. The number of carbonyl (C=O) groups is 2. The first-order valence-corrected chi connectivity index (χ1v) is 8.37. The third-order valence-corrected chi connectivity index (χ3v) is 5.41. The number of hydrogen-bond donors (Lipinski definition) is 0. The number of amides is 3. The molecule has 22 heavy (non-hydrogen) atoms. The van der Waals surface area contributed by atoms with Crippen molar-refractivity contribution in [3.8, 4) is 0 Å². The SMILES string of the molecule is CN(C)C(=O)N1CC[C@]2(C1)CN(c1ccsc1)C(=O)CN2C. The van der Waals surface area contributed by atoms with Crippen LogP contribution in [-0.2, 0) is 4.79 Å². The Morgan fingerprint density at radius 3 is 2.77 bits per heavy atom. The predicted molar refractivity (Wildman–Crippen MR) is 87.3 cm³/mol. The first-order chi connectivity index (χ1) is 10.4. The zero-order valence-corrected chi connectivity index (χ0v) is 14.1. The number of likely N-dealkylation sites (N-methyl/N-ethyl adjacent to an activating group) is 1. The molecule has 6 nitrogen and oxygen atoms in total. The number of carbonyl (C=O) groups excluding carboxylic acids is 2. The zero-order chi connectivity index (χ0) is 15.9. The summed E-state index contributed by atoms with van der Waals surface area (Å²) in [6, 6.07) is 2.03. The van der Waals surface area contributed by atoms with E-state index in [1.807, 2.05) is 33.7 Å². The van der Waals surface area contributed by atoms with Crippen molar-refractivity contribution in [3.63, 3.8) is 0 Å². The molecule has 3 heterocycles. The van der Waals surface area contributed by atoms with Crippen molar-refractivity contribution in [1.82, 2.24) is 14.7 Å². The molecule has 0 bridgehead atoms. The van der Waals surface area contributed by atoms with E-state index in [1.54, 1.807) is 30.3 Å². The highest BCUT2D eigenvalue weighted by atomic mass is 32.1. The molecule has 3 amide bonds. The molecule has 1 aromatic heterocycles. The van der Waals surface area contributed by atoms with Crippen LogP contribution >= 0.6 is 11.3 Å². The maximum absolute atomic E-state index is 12.4.